The minimum atomic E-state index is 0.232. The summed E-state index contributed by atoms with van der Waals surface area (Å²) in [6.07, 6.45) is 6.38. The first-order valence-corrected chi connectivity index (χ1v) is 4.54. The van der Waals surface area contributed by atoms with Gasteiger partial charge in [0.1, 0.15) is 0 Å². The molecule has 0 aliphatic rings. The minimum absolute atomic E-state index is 0.232. The van der Waals surface area contributed by atoms with E-state index in [1.807, 2.05) is 17.9 Å². The van der Waals surface area contributed by atoms with Gasteiger partial charge in [-0.2, -0.15) is 0 Å². The van der Waals surface area contributed by atoms with Crippen LogP contribution < -0.4 is 0 Å². The lowest BCUT2D eigenvalue weighted by molar-refractivity contribution is 0.461. The van der Waals surface area contributed by atoms with E-state index < -0.39 is 0 Å². The van der Waals surface area contributed by atoms with Crippen molar-refractivity contribution in [3.8, 4) is 0 Å². The van der Waals surface area contributed by atoms with Gasteiger partial charge in [-0.15, -0.1) is 0 Å². The summed E-state index contributed by atoms with van der Waals surface area (Å²) in [5.74, 6) is 0. The fraction of sp³-hybridized carbons (Fsp3) is 0.700. The predicted molar refractivity (Wildman–Crippen MR) is 51.1 cm³/mol. The minimum Gasteiger partial charge on any atom is -0.340 e. The van der Waals surface area contributed by atoms with Gasteiger partial charge in [0.25, 0.3) is 0 Å². The number of hydrogen-bond acceptors (Lipinski definition) is 1. The second kappa shape index (κ2) is 3.30. The van der Waals surface area contributed by atoms with E-state index in [1.54, 1.807) is 0 Å². The van der Waals surface area contributed by atoms with Gasteiger partial charge in [0, 0.05) is 18.7 Å². The zero-order valence-corrected chi connectivity index (χ0v) is 8.46. The van der Waals surface area contributed by atoms with Gasteiger partial charge in [0.15, 0.2) is 0 Å². The van der Waals surface area contributed by atoms with E-state index in [0.717, 1.165) is 0 Å². The van der Waals surface area contributed by atoms with Crippen molar-refractivity contribution >= 4 is 0 Å². The Labute approximate surface area is 74.6 Å². The summed E-state index contributed by atoms with van der Waals surface area (Å²) in [6, 6.07) is 0. The smallest absolute Gasteiger partial charge is 0.0947 e. The van der Waals surface area contributed by atoms with Crippen molar-refractivity contribution in [1.29, 1.82) is 0 Å². The van der Waals surface area contributed by atoms with Crippen LogP contribution in [0.25, 0.3) is 0 Å². The molecule has 0 aromatic carbocycles. The summed E-state index contributed by atoms with van der Waals surface area (Å²) in [6.45, 7) is 6.71. The second-order valence-corrected chi connectivity index (χ2v) is 4.06. The predicted octanol–water partition coefficient (Wildman–Crippen LogP) is 2.50. The van der Waals surface area contributed by atoms with Gasteiger partial charge in [0.2, 0.25) is 0 Å². The molecule has 0 fully saturated rings. The third-order valence-electron chi connectivity index (χ3n) is 2.27. The van der Waals surface area contributed by atoms with E-state index in [-0.39, 0.29) is 5.41 Å². The van der Waals surface area contributed by atoms with Gasteiger partial charge in [-0.25, -0.2) is 4.98 Å². The van der Waals surface area contributed by atoms with Crippen LogP contribution in [0, 0.1) is 0 Å². The van der Waals surface area contributed by atoms with Crippen molar-refractivity contribution in [2.75, 3.05) is 0 Å². The van der Waals surface area contributed by atoms with Crippen molar-refractivity contribution in [2.45, 2.75) is 39.0 Å². The summed E-state index contributed by atoms with van der Waals surface area (Å²) in [5, 5.41) is 0. The molecule has 0 N–H and O–H groups in total. The van der Waals surface area contributed by atoms with Crippen LogP contribution in [0.15, 0.2) is 12.5 Å². The molecule has 0 aliphatic heterocycles. The SMILES string of the molecule is CCCC(C)(C)c1cn(C)cn1. The quantitative estimate of drug-likeness (QED) is 0.674. The van der Waals surface area contributed by atoms with Crippen LogP contribution in [0.4, 0.5) is 0 Å². The molecule has 0 radical (unpaired) electrons. The second-order valence-electron chi connectivity index (χ2n) is 4.06. The highest BCUT2D eigenvalue weighted by molar-refractivity contribution is 5.10. The Hall–Kier alpha value is -0.790. The Balaban J connectivity index is 2.81. The van der Waals surface area contributed by atoms with E-state index in [1.165, 1.54) is 18.5 Å². The molecule has 1 aromatic rings. The van der Waals surface area contributed by atoms with Gasteiger partial charge >= 0.3 is 0 Å². The Morgan fingerprint density at radius 3 is 2.58 bits per heavy atom. The summed E-state index contributed by atoms with van der Waals surface area (Å²) >= 11 is 0. The molecule has 2 heteroatoms. The Morgan fingerprint density at radius 1 is 1.50 bits per heavy atom. The first-order valence-electron chi connectivity index (χ1n) is 4.54. The molecule has 1 heterocycles. The maximum Gasteiger partial charge on any atom is 0.0947 e. The molecule has 0 saturated carbocycles. The monoisotopic (exact) mass is 166 g/mol. The lowest BCUT2D eigenvalue weighted by Gasteiger charge is -2.20. The van der Waals surface area contributed by atoms with Gasteiger partial charge < -0.3 is 4.57 Å². The molecule has 0 saturated heterocycles. The maximum absolute atomic E-state index is 4.37. The van der Waals surface area contributed by atoms with Gasteiger partial charge in [-0.1, -0.05) is 27.2 Å². The average Bonchev–Trinajstić information content (AvgIpc) is 2.36. The van der Waals surface area contributed by atoms with E-state index in [9.17, 15) is 0 Å². The highest BCUT2D eigenvalue weighted by Gasteiger charge is 2.21. The molecule has 12 heavy (non-hydrogen) atoms. The lowest BCUT2D eigenvalue weighted by Crippen LogP contribution is -2.16. The molecule has 0 amide bonds. The van der Waals surface area contributed by atoms with Gasteiger partial charge in [0.05, 0.1) is 12.0 Å². The van der Waals surface area contributed by atoms with E-state index in [0.29, 0.717) is 0 Å². The van der Waals surface area contributed by atoms with Crippen LogP contribution in [0.3, 0.4) is 0 Å². The normalized spacial score (nSPS) is 12.0. The number of nitrogens with zero attached hydrogens (tertiary/aromatic N) is 2. The maximum atomic E-state index is 4.37. The standard InChI is InChI=1S/C10H18N2/c1-5-6-10(2,3)9-7-12(4)8-11-9/h7-8H,5-6H2,1-4H3. The number of aromatic nitrogens is 2. The van der Waals surface area contributed by atoms with Crippen molar-refractivity contribution in [1.82, 2.24) is 9.55 Å². The van der Waals surface area contributed by atoms with Crippen molar-refractivity contribution in [3.05, 3.63) is 18.2 Å². The van der Waals surface area contributed by atoms with Gasteiger partial charge in [-0.3, -0.25) is 0 Å². The molecule has 0 aliphatic carbocycles. The summed E-state index contributed by atoms with van der Waals surface area (Å²) < 4.78 is 2.01. The van der Waals surface area contributed by atoms with Gasteiger partial charge in [-0.05, 0) is 6.42 Å². The van der Waals surface area contributed by atoms with Crippen molar-refractivity contribution < 1.29 is 0 Å². The average molecular weight is 166 g/mol. The highest BCUT2D eigenvalue weighted by Crippen LogP contribution is 2.26. The third kappa shape index (κ3) is 1.87. The first-order chi connectivity index (χ1) is 5.56. The molecule has 1 aromatic heterocycles. The van der Waals surface area contributed by atoms with E-state index >= 15 is 0 Å². The number of imidazole rings is 1. The van der Waals surface area contributed by atoms with Crippen LogP contribution in [0.5, 0.6) is 0 Å². The molecular formula is C10H18N2. The molecule has 0 atom stereocenters. The van der Waals surface area contributed by atoms with Crippen LogP contribution in [-0.2, 0) is 12.5 Å². The summed E-state index contributed by atoms with van der Waals surface area (Å²) in [7, 11) is 2.01. The van der Waals surface area contributed by atoms with Crippen molar-refractivity contribution in [3.63, 3.8) is 0 Å². The van der Waals surface area contributed by atoms with Crippen LogP contribution >= 0.6 is 0 Å². The van der Waals surface area contributed by atoms with Crippen LogP contribution in [0.2, 0.25) is 0 Å². The van der Waals surface area contributed by atoms with Crippen LogP contribution in [-0.4, -0.2) is 9.55 Å². The van der Waals surface area contributed by atoms with E-state index in [4.69, 9.17) is 0 Å². The summed E-state index contributed by atoms with van der Waals surface area (Å²) in [5.41, 5.74) is 1.43. The summed E-state index contributed by atoms with van der Waals surface area (Å²) in [4.78, 5) is 4.37. The first kappa shape index (κ1) is 9.30. The molecule has 2 nitrogen and oxygen atoms in total. The van der Waals surface area contributed by atoms with Crippen LogP contribution in [0.1, 0.15) is 39.3 Å². The number of aryl methyl sites for hydroxylation is 1. The molecule has 1 rings (SSSR count). The fourth-order valence-electron chi connectivity index (χ4n) is 1.52. The fourth-order valence-corrected chi connectivity index (χ4v) is 1.52. The molecule has 0 spiro atoms. The zero-order valence-electron chi connectivity index (χ0n) is 8.46. The Morgan fingerprint density at radius 2 is 2.17 bits per heavy atom. The largest absolute Gasteiger partial charge is 0.340 e. The molecule has 0 bridgehead atoms. The molecule has 68 valence electrons. The topological polar surface area (TPSA) is 17.8 Å². The number of hydrogen-bond donors (Lipinski definition) is 0. The van der Waals surface area contributed by atoms with Crippen molar-refractivity contribution in [2.24, 2.45) is 7.05 Å². The Bertz CT molecular complexity index is 248. The van der Waals surface area contributed by atoms with E-state index in [2.05, 4.69) is 32.0 Å². The lowest BCUT2D eigenvalue weighted by atomic mass is 9.85. The number of rotatable bonds is 3. The third-order valence-corrected chi connectivity index (χ3v) is 2.27. The highest BCUT2D eigenvalue weighted by atomic mass is 15.0. The zero-order chi connectivity index (χ0) is 9.19. The Kier molecular flexibility index (Phi) is 2.55. The molecular weight excluding hydrogens is 148 g/mol. The molecule has 0 unspecified atom stereocenters.